The molecule has 0 aliphatic carbocycles. The Morgan fingerprint density at radius 2 is 2.06 bits per heavy atom. The lowest BCUT2D eigenvalue weighted by Crippen LogP contribution is -2.15. The lowest BCUT2D eigenvalue weighted by molar-refractivity contribution is 0.171. The van der Waals surface area contributed by atoms with E-state index >= 15 is 0 Å². The number of benzene rings is 1. The molecule has 1 N–H and O–H groups in total. The third kappa shape index (κ3) is 2.37. The monoisotopic (exact) mass is 312 g/mol. The molecule has 4 nitrogen and oxygen atoms in total. The Morgan fingerprint density at radius 1 is 1.24 bits per heavy atom. The number of ether oxygens (including phenoxy) is 2. The highest BCUT2D eigenvalue weighted by Crippen LogP contribution is 2.34. The summed E-state index contributed by atoms with van der Waals surface area (Å²) in [7, 11) is 0. The average molecular weight is 313 g/mol. The van der Waals surface area contributed by atoms with E-state index in [1.165, 1.54) is 0 Å². The smallest absolute Gasteiger partial charge is 0.188 e. The van der Waals surface area contributed by atoms with Crippen LogP contribution in [0.25, 0.3) is 0 Å². The van der Waals surface area contributed by atoms with E-state index in [4.69, 9.17) is 9.47 Å². The molecule has 1 aliphatic heterocycles. The molecule has 2 heterocycles. The molecule has 1 aliphatic rings. The van der Waals surface area contributed by atoms with Crippen LogP contribution in [0.1, 0.15) is 0 Å². The lowest BCUT2D eigenvalue weighted by atomic mass is 10.2. The summed E-state index contributed by atoms with van der Waals surface area (Å²) >= 11 is 4.86. The van der Waals surface area contributed by atoms with E-state index < -0.39 is 0 Å². The fraction of sp³-hybridized carbons (Fsp3) is 0.182. The Morgan fingerprint density at radius 3 is 2.82 bits per heavy atom. The van der Waals surface area contributed by atoms with Gasteiger partial charge in [0, 0.05) is 17.1 Å². The summed E-state index contributed by atoms with van der Waals surface area (Å²) in [4.78, 5) is 4.27. The second-order valence-electron chi connectivity index (χ2n) is 3.46. The molecule has 0 bridgehead atoms. The standard InChI is InChI=1S/C11H9BrN2O2S/c12-10-6-17-11(14-10)13-7-1-2-8-9(5-7)16-4-3-15-8/h1-2,5-6H,3-4H2,(H,13,14). The Hall–Kier alpha value is -1.27. The molecule has 0 saturated heterocycles. The van der Waals surface area contributed by atoms with Crippen LogP contribution in [0.2, 0.25) is 0 Å². The van der Waals surface area contributed by atoms with Crippen molar-refractivity contribution in [3.8, 4) is 11.5 Å². The van der Waals surface area contributed by atoms with Gasteiger partial charge in [-0.3, -0.25) is 0 Å². The molecule has 0 atom stereocenters. The lowest BCUT2D eigenvalue weighted by Gasteiger charge is -2.18. The number of anilines is 2. The number of nitrogens with zero attached hydrogens (tertiary/aromatic N) is 1. The predicted molar refractivity (Wildman–Crippen MR) is 70.5 cm³/mol. The van der Waals surface area contributed by atoms with Gasteiger partial charge in [-0.15, -0.1) is 11.3 Å². The predicted octanol–water partition coefficient (Wildman–Crippen LogP) is 3.42. The minimum Gasteiger partial charge on any atom is -0.486 e. The molecule has 3 rings (SSSR count). The average Bonchev–Trinajstić information content (AvgIpc) is 2.75. The largest absolute Gasteiger partial charge is 0.486 e. The van der Waals surface area contributed by atoms with Crippen LogP contribution in [-0.2, 0) is 0 Å². The van der Waals surface area contributed by atoms with E-state index in [0.717, 1.165) is 26.9 Å². The number of hydrogen-bond acceptors (Lipinski definition) is 5. The Balaban J connectivity index is 1.84. The maximum absolute atomic E-state index is 5.52. The number of nitrogens with one attached hydrogen (secondary N) is 1. The fourth-order valence-corrected chi connectivity index (χ4v) is 2.72. The van der Waals surface area contributed by atoms with Crippen molar-refractivity contribution in [2.75, 3.05) is 18.5 Å². The van der Waals surface area contributed by atoms with Crippen molar-refractivity contribution < 1.29 is 9.47 Å². The maximum Gasteiger partial charge on any atom is 0.188 e. The molecule has 6 heteroatoms. The van der Waals surface area contributed by atoms with Gasteiger partial charge in [0.25, 0.3) is 0 Å². The third-order valence-corrected chi connectivity index (χ3v) is 3.74. The van der Waals surface area contributed by atoms with Crippen LogP contribution in [0.3, 0.4) is 0 Å². The van der Waals surface area contributed by atoms with Gasteiger partial charge in [-0.05, 0) is 28.1 Å². The summed E-state index contributed by atoms with van der Waals surface area (Å²) < 4.78 is 11.8. The van der Waals surface area contributed by atoms with Crippen molar-refractivity contribution in [1.82, 2.24) is 4.98 Å². The zero-order chi connectivity index (χ0) is 11.7. The van der Waals surface area contributed by atoms with Gasteiger partial charge in [0.2, 0.25) is 0 Å². The molecule has 0 fully saturated rings. The van der Waals surface area contributed by atoms with E-state index in [1.807, 2.05) is 23.6 Å². The van der Waals surface area contributed by atoms with Gasteiger partial charge < -0.3 is 14.8 Å². The van der Waals surface area contributed by atoms with Crippen LogP contribution >= 0.6 is 27.3 Å². The topological polar surface area (TPSA) is 43.4 Å². The van der Waals surface area contributed by atoms with Gasteiger partial charge >= 0.3 is 0 Å². The number of hydrogen-bond donors (Lipinski definition) is 1. The molecule has 1 aromatic heterocycles. The fourth-order valence-electron chi connectivity index (χ4n) is 1.56. The summed E-state index contributed by atoms with van der Waals surface area (Å²) in [6.07, 6.45) is 0. The molecule has 17 heavy (non-hydrogen) atoms. The summed E-state index contributed by atoms with van der Waals surface area (Å²) in [5, 5.41) is 5.99. The number of halogens is 1. The summed E-state index contributed by atoms with van der Waals surface area (Å²) in [6.45, 7) is 1.21. The number of rotatable bonds is 2. The van der Waals surface area contributed by atoms with Gasteiger partial charge in [-0.2, -0.15) is 0 Å². The molecule has 0 spiro atoms. The van der Waals surface area contributed by atoms with Crippen LogP contribution in [0.5, 0.6) is 11.5 Å². The van der Waals surface area contributed by atoms with E-state index in [9.17, 15) is 0 Å². The highest BCUT2D eigenvalue weighted by atomic mass is 79.9. The maximum atomic E-state index is 5.52. The number of fused-ring (bicyclic) bond motifs is 1. The first-order valence-corrected chi connectivity index (χ1v) is 6.76. The summed E-state index contributed by atoms with van der Waals surface area (Å²) in [5.41, 5.74) is 0.941. The second kappa shape index (κ2) is 4.54. The van der Waals surface area contributed by atoms with Crippen molar-refractivity contribution in [3.05, 3.63) is 28.2 Å². The number of thiazole rings is 1. The van der Waals surface area contributed by atoms with Gasteiger partial charge in [0.1, 0.15) is 17.8 Å². The Labute approximate surface area is 111 Å². The molecule has 0 saturated carbocycles. The summed E-state index contributed by atoms with van der Waals surface area (Å²) in [5.74, 6) is 1.57. The van der Waals surface area contributed by atoms with Gasteiger partial charge in [0.05, 0.1) is 0 Å². The third-order valence-electron chi connectivity index (χ3n) is 2.27. The van der Waals surface area contributed by atoms with Crippen molar-refractivity contribution in [2.45, 2.75) is 0 Å². The van der Waals surface area contributed by atoms with Gasteiger partial charge in [-0.1, -0.05) is 0 Å². The van der Waals surface area contributed by atoms with E-state index in [-0.39, 0.29) is 0 Å². The highest BCUT2D eigenvalue weighted by molar-refractivity contribution is 9.10. The second-order valence-corrected chi connectivity index (χ2v) is 5.13. The van der Waals surface area contributed by atoms with Crippen molar-refractivity contribution in [2.24, 2.45) is 0 Å². The zero-order valence-corrected chi connectivity index (χ0v) is 11.2. The van der Waals surface area contributed by atoms with Crippen LogP contribution in [0.4, 0.5) is 10.8 Å². The summed E-state index contributed by atoms with van der Waals surface area (Å²) in [6, 6.07) is 5.77. The molecule has 0 unspecified atom stereocenters. The normalized spacial score (nSPS) is 13.5. The molecular formula is C11H9BrN2O2S. The van der Waals surface area contributed by atoms with Crippen LogP contribution < -0.4 is 14.8 Å². The molecule has 1 aromatic carbocycles. The molecule has 2 aromatic rings. The zero-order valence-electron chi connectivity index (χ0n) is 8.77. The minimum atomic E-state index is 0.596. The molecule has 88 valence electrons. The Kier molecular flexibility index (Phi) is 2.90. The number of aromatic nitrogens is 1. The Bertz CT molecular complexity index is 544. The van der Waals surface area contributed by atoms with Crippen molar-refractivity contribution in [3.63, 3.8) is 0 Å². The molecule has 0 amide bonds. The first-order valence-electron chi connectivity index (χ1n) is 5.09. The first kappa shape index (κ1) is 10.9. The van der Waals surface area contributed by atoms with Crippen LogP contribution in [0.15, 0.2) is 28.2 Å². The van der Waals surface area contributed by atoms with Crippen LogP contribution in [0, 0.1) is 0 Å². The molecule has 0 radical (unpaired) electrons. The van der Waals surface area contributed by atoms with E-state index in [2.05, 4.69) is 26.2 Å². The van der Waals surface area contributed by atoms with E-state index in [1.54, 1.807) is 11.3 Å². The highest BCUT2D eigenvalue weighted by Gasteiger charge is 2.12. The van der Waals surface area contributed by atoms with Crippen molar-refractivity contribution in [1.29, 1.82) is 0 Å². The SMILES string of the molecule is Brc1csc(Nc2ccc3c(c2)OCCO3)n1. The first-order chi connectivity index (χ1) is 8.31. The van der Waals surface area contributed by atoms with Gasteiger partial charge in [0.15, 0.2) is 16.6 Å². The minimum absolute atomic E-state index is 0.596. The van der Waals surface area contributed by atoms with Gasteiger partial charge in [-0.25, -0.2) is 4.98 Å². The van der Waals surface area contributed by atoms with E-state index in [0.29, 0.717) is 13.2 Å². The van der Waals surface area contributed by atoms with Crippen molar-refractivity contribution >= 4 is 38.1 Å². The quantitative estimate of drug-likeness (QED) is 0.922. The molecular weight excluding hydrogens is 304 g/mol. The van der Waals surface area contributed by atoms with Crippen LogP contribution in [-0.4, -0.2) is 18.2 Å².